The SMILES string of the molecule is CCC(c1ccccc1)N1CCC1C(=O)OC(C)c1ccccc1. The van der Waals surface area contributed by atoms with Crippen LogP contribution in [-0.2, 0) is 9.53 Å². The van der Waals surface area contributed by atoms with Gasteiger partial charge < -0.3 is 4.74 Å². The van der Waals surface area contributed by atoms with Crippen LogP contribution >= 0.6 is 0 Å². The summed E-state index contributed by atoms with van der Waals surface area (Å²) < 4.78 is 5.72. The summed E-state index contributed by atoms with van der Waals surface area (Å²) in [6.45, 7) is 5.06. The lowest BCUT2D eigenvalue weighted by Gasteiger charge is -2.44. The van der Waals surface area contributed by atoms with Gasteiger partial charge in [0.2, 0.25) is 0 Å². The molecule has 0 aliphatic carbocycles. The maximum Gasteiger partial charge on any atom is 0.324 e. The Hall–Kier alpha value is -2.13. The number of nitrogens with zero attached hydrogens (tertiary/aromatic N) is 1. The first-order valence-electron chi connectivity index (χ1n) is 8.76. The Morgan fingerprint density at radius 3 is 2.17 bits per heavy atom. The summed E-state index contributed by atoms with van der Waals surface area (Å²) in [6, 6.07) is 20.5. The second-order valence-electron chi connectivity index (χ2n) is 6.37. The number of esters is 1. The van der Waals surface area contributed by atoms with Crippen LogP contribution in [0.4, 0.5) is 0 Å². The quantitative estimate of drug-likeness (QED) is 0.732. The third-order valence-corrected chi connectivity index (χ3v) is 4.87. The van der Waals surface area contributed by atoms with Gasteiger partial charge in [-0.25, -0.2) is 0 Å². The van der Waals surface area contributed by atoms with Crippen LogP contribution in [0.25, 0.3) is 0 Å². The number of carbonyl (C=O) groups excluding carboxylic acids is 1. The highest BCUT2D eigenvalue weighted by molar-refractivity contribution is 5.77. The number of likely N-dealkylation sites (tertiary alicyclic amines) is 1. The van der Waals surface area contributed by atoms with Crippen molar-refractivity contribution in [2.45, 2.75) is 44.9 Å². The number of carbonyl (C=O) groups is 1. The van der Waals surface area contributed by atoms with Crippen molar-refractivity contribution in [2.75, 3.05) is 6.54 Å². The molecule has 3 rings (SSSR count). The lowest BCUT2D eigenvalue weighted by atomic mass is 9.94. The van der Waals surface area contributed by atoms with E-state index in [9.17, 15) is 4.79 Å². The van der Waals surface area contributed by atoms with E-state index in [4.69, 9.17) is 4.74 Å². The first-order chi connectivity index (χ1) is 11.7. The summed E-state index contributed by atoms with van der Waals surface area (Å²) in [5, 5.41) is 0. The molecule has 0 bridgehead atoms. The Labute approximate surface area is 144 Å². The monoisotopic (exact) mass is 323 g/mol. The van der Waals surface area contributed by atoms with Gasteiger partial charge in [0.05, 0.1) is 0 Å². The average Bonchev–Trinajstić information content (AvgIpc) is 2.59. The van der Waals surface area contributed by atoms with Crippen molar-refractivity contribution in [3.8, 4) is 0 Å². The van der Waals surface area contributed by atoms with E-state index in [1.165, 1.54) is 5.56 Å². The van der Waals surface area contributed by atoms with E-state index in [-0.39, 0.29) is 24.2 Å². The minimum Gasteiger partial charge on any atom is -0.457 e. The molecule has 3 atom stereocenters. The summed E-state index contributed by atoms with van der Waals surface area (Å²) in [6.07, 6.45) is 1.66. The molecular weight excluding hydrogens is 298 g/mol. The molecule has 2 aromatic carbocycles. The minimum absolute atomic E-state index is 0.105. The molecular formula is C21H25NO2. The van der Waals surface area contributed by atoms with Crippen LogP contribution in [-0.4, -0.2) is 23.5 Å². The molecule has 1 saturated heterocycles. The van der Waals surface area contributed by atoms with E-state index in [1.54, 1.807) is 0 Å². The fourth-order valence-electron chi connectivity index (χ4n) is 3.42. The van der Waals surface area contributed by atoms with Crippen LogP contribution in [0.15, 0.2) is 60.7 Å². The zero-order valence-corrected chi connectivity index (χ0v) is 14.4. The molecule has 1 aliphatic rings. The second-order valence-corrected chi connectivity index (χ2v) is 6.37. The Kier molecular flexibility index (Phi) is 5.31. The van der Waals surface area contributed by atoms with Crippen LogP contribution in [0, 0.1) is 0 Å². The molecule has 0 aromatic heterocycles. The standard InChI is InChI=1S/C21H25NO2/c1-3-19(18-12-8-5-9-13-18)22-15-14-20(22)21(23)24-16(2)17-10-6-4-7-11-17/h4-13,16,19-20H,3,14-15H2,1-2H3. The van der Waals surface area contributed by atoms with Crippen molar-refractivity contribution in [3.05, 3.63) is 71.8 Å². The summed E-state index contributed by atoms with van der Waals surface area (Å²) >= 11 is 0. The van der Waals surface area contributed by atoms with E-state index in [1.807, 2.05) is 43.3 Å². The molecule has 1 fully saturated rings. The molecule has 0 saturated carbocycles. The number of hydrogen-bond donors (Lipinski definition) is 0. The molecule has 3 unspecified atom stereocenters. The fraction of sp³-hybridized carbons (Fsp3) is 0.381. The third kappa shape index (κ3) is 3.51. The fourth-order valence-corrected chi connectivity index (χ4v) is 3.42. The Bertz CT molecular complexity index is 656. The minimum atomic E-state index is -0.210. The average molecular weight is 323 g/mol. The summed E-state index contributed by atoms with van der Waals surface area (Å²) in [5.74, 6) is -0.105. The van der Waals surface area contributed by atoms with Crippen molar-refractivity contribution in [3.63, 3.8) is 0 Å². The van der Waals surface area contributed by atoms with Gasteiger partial charge in [0, 0.05) is 12.6 Å². The molecule has 24 heavy (non-hydrogen) atoms. The van der Waals surface area contributed by atoms with E-state index >= 15 is 0 Å². The lowest BCUT2D eigenvalue weighted by molar-refractivity contribution is -0.162. The first kappa shape index (κ1) is 16.7. The Balaban J connectivity index is 1.65. The van der Waals surface area contributed by atoms with Crippen molar-refractivity contribution < 1.29 is 9.53 Å². The summed E-state index contributed by atoms with van der Waals surface area (Å²) in [7, 11) is 0. The first-order valence-corrected chi connectivity index (χ1v) is 8.76. The smallest absolute Gasteiger partial charge is 0.324 e. The molecule has 126 valence electrons. The van der Waals surface area contributed by atoms with Gasteiger partial charge in [-0.15, -0.1) is 0 Å². The van der Waals surface area contributed by atoms with Crippen LogP contribution in [0.1, 0.15) is 50.0 Å². The predicted molar refractivity (Wildman–Crippen MR) is 95.5 cm³/mol. The molecule has 0 radical (unpaired) electrons. The van der Waals surface area contributed by atoms with Crippen molar-refractivity contribution >= 4 is 5.97 Å². The molecule has 0 spiro atoms. The van der Waals surface area contributed by atoms with Gasteiger partial charge >= 0.3 is 5.97 Å². The maximum atomic E-state index is 12.6. The maximum absolute atomic E-state index is 12.6. The number of benzene rings is 2. The van der Waals surface area contributed by atoms with E-state index in [0.717, 1.165) is 24.9 Å². The van der Waals surface area contributed by atoms with Gasteiger partial charge in [-0.2, -0.15) is 0 Å². The lowest BCUT2D eigenvalue weighted by Crippen LogP contribution is -2.54. The van der Waals surface area contributed by atoms with Gasteiger partial charge in [0.1, 0.15) is 12.1 Å². The molecule has 3 heteroatoms. The number of hydrogen-bond acceptors (Lipinski definition) is 3. The zero-order chi connectivity index (χ0) is 16.9. The molecule has 0 N–H and O–H groups in total. The third-order valence-electron chi connectivity index (χ3n) is 4.87. The van der Waals surface area contributed by atoms with Gasteiger partial charge in [0.15, 0.2) is 0 Å². The highest BCUT2D eigenvalue weighted by atomic mass is 16.5. The van der Waals surface area contributed by atoms with Crippen molar-refractivity contribution in [1.29, 1.82) is 0 Å². The predicted octanol–water partition coefficient (Wildman–Crippen LogP) is 4.52. The summed E-state index contributed by atoms with van der Waals surface area (Å²) in [5.41, 5.74) is 2.31. The molecule has 1 aliphatic heterocycles. The van der Waals surface area contributed by atoms with Crippen LogP contribution in [0.3, 0.4) is 0 Å². The van der Waals surface area contributed by atoms with Gasteiger partial charge in [-0.05, 0) is 30.9 Å². The highest BCUT2D eigenvalue weighted by Gasteiger charge is 2.40. The molecule has 3 nitrogen and oxygen atoms in total. The van der Waals surface area contributed by atoms with Crippen LogP contribution in [0.5, 0.6) is 0 Å². The molecule has 1 heterocycles. The number of ether oxygens (including phenoxy) is 1. The largest absolute Gasteiger partial charge is 0.457 e. The van der Waals surface area contributed by atoms with Crippen molar-refractivity contribution in [1.82, 2.24) is 4.90 Å². The zero-order valence-electron chi connectivity index (χ0n) is 14.4. The Morgan fingerprint density at radius 2 is 1.67 bits per heavy atom. The van der Waals surface area contributed by atoms with Crippen LogP contribution < -0.4 is 0 Å². The molecule has 0 amide bonds. The van der Waals surface area contributed by atoms with Gasteiger partial charge in [-0.3, -0.25) is 9.69 Å². The Morgan fingerprint density at radius 1 is 1.08 bits per heavy atom. The highest BCUT2D eigenvalue weighted by Crippen LogP contribution is 2.34. The van der Waals surface area contributed by atoms with E-state index in [2.05, 4.69) is 36.1 Å². The van der Waals surface area contributed by atoms with Gasteiger partial charge in [0.25, 0.3) is 0 Å². The van der Waals surface area contributed by atoms with Crippen molar-refractivity contribution in [2.24, 2.45) is 0 Å². The normalized spacial score (nSPS) is 20.0. The number of rotatable bonds is 6. The topological polar surface area (TPSA) is 29.5 Å². The van der Waals surface area contributed by atoms with E-state index < -0.39 is 0 Å². The molecule has 2 aromatic rings. The van der Waals surface area contributed by atoms with Gasteiger partial charge in [-0.1, -0.05) is 67.6 Å². The van der Waals surface area contributed by atoms with Crippen LogP contribution in [0.2, 0.25) is 0 Å². The summed E-state index contributed by atoms with van der Waals surface area (Å²) in [4.78, 5) is 14.9. The second kappa shape index (κ2) is 7.63. The van der Waals surface area contributed by atoms with E-state index in [0.29, 0.717) is 0 Å².